The molecule has 5 heteroatoms. The molecule has 0 saturated heterocycles. The quantitative estimate of drug-likeness (QED) is 0.581. The number of hydrogen-bond donors (Lipinski definition) is 0. The minimum atomic E-state index is -0.683. The van der Waals surface area contributed by atoms with E-state index in [4.69, 9.17) is 4.74 Å². The first-order chi connectivity index (χ1) is 11.1. The van der Waals surface area contributed by atoms with Gasteiger partial charge < -0.3 is 4.74 Å². The van der Waals surface area contributed by atoms with E-state index in [1.165, 1.54) is 6.92 Å². The Kier molecular flexibility index (Phi) is 5.74. The van der Waals surface area contributed by atoms with Gasteiger partial charge in [0.25, 0.3) is 0 Å². The predicted octanol–water partition coefficient (Wildman–Crippen LogP) is 4.53. The molecule has 0 fully saturated rings. The second-order valence-electron chi connectivity index (χ2n) is 5.02. The van der Waals surface area contributed by atoms with Crippen molar-refractivity contribution in [1.82, 2.24) is 0 Å². The summed E-state index contributed by atoms with van der Waals surface area (Å²) < 4.78 is 5.11. The van der Waals surface area contributed by atoms with Gasteiger partial charge in [-0.2, -0.15) is 10.2 Å². The molecule has 1 unspecified atom stereocenters. The SMILES string of the molecule is COc1ccc(N=C(C)C(N=Nc2ccccc2)C(C)=O)cc1. The first-order valence-electron chi connectivity index (χ1n) is 7.25. The zero-order chi connectivity index (χ0) is 16.7. The lowest BCUT2D eigenvalue weighted by Crippen LogP contribution is -2.23. The van der Waals surface area contributed by atoms with Crippen molar-refractivity contribution in [3.05, 3.63) is 54.6 Å². The van der Waals surface area contributed by atoms with Crippen molar-refractivity contribution < 1.29 is 9.53 Å². The lowest BCUT2D eigenvalue weighted by Gasteiger charge is -2.08. The van der Waals surface area contributed by atoms with Crippen molar-refractivity contribution in [2.45, 2.75) is 19.9 Å². The fraction of sp³-hybridized carbons (Fsp3) is 0.222. The Hall–Kier alpha value is -2.82. The zero-order valence-corrected chi connectivity index (χ0v) is 13.4. The molecular formula is C18H19N3O2. The highest BCUT2D eigenvalue weighted by molar-refractivity contribution is 6.08. The molecule has 0 aliphatic heterocycles. The maximum absolute atomic E-state index is 11.8. The van der Waals surface area contributed by atoms with Crippen LogP contribution in [-0.4, -0.2) is 24.6 Å². The summed E-state index contributed by atoms with van der Waals surface area (Å²) in [6.07, 6.45) is 0. The molecule has 0 aliphatic carbocycles. The third-order valence-corrected chi connectivity index (χ3v) is 3.20. The number of Topliss-reactive ketones (excluding diaryl/α,β-unsaturated/α-hetero) is 1. The molecule has 23 heavy (non-hydrogen) atoms. The van der Waals surface area contributed by atoms with Crippen molar-refractivity contribution >= 4 is 22.9 Å². The van der Waals surface area contributed by atoms with Crippen LogP contribution in [0.4, 0.5) is 11.4 Å². The van der Waals surface area contributed by atoms with Crippen LogP contribution in [0.3, 0.4) is 0 Å². The summed E-state index contributed by atoms with van der Waals surface area (Å²) in [4.78, 5) is 16.3. The van der Waals surface area contributed by atoms with Gasteiger partial charge in [-0.25, -0.2) is 0 Å². The van der Waals surface area contributed by atoms with Crippen molar-refractivity contribution in [3.8, 4) is 5.75 Å². The Labute approximate surface area is 135 Å². The normalized spacial score (nSPS) is 13.1. The molecule has 0 aliphatic rings. The van der Waals surface area contributed by atoms with E-state index in [1.54, 1.807) is 14.0 Å². The number of ether oxygens (including phenoxy) is 1. The highest BCUT2D eigenvalue weighted by Gasteiger charge is 2.17. The maximum atomic E-state index is 11.8. The number of azo groups is 1. The highest BCUT2D eigenvalue weighted by atomic mass is 16.5. The summed E-state index contributed by atoms with van der Waals surface area (Å²) in [6.45, 7) is 3.27. The molecule has 118 valence electrons. The molecule has 0 bridgehead atoms. The Morgan fingerprint density at radius 1 is 0.957 bits per heavy atom. The topological polar surface area (TPSA) is 63.4 Å². The molecular weight excluding hydrogens is 290 g/mol. The van der Waals surface area contributed by atoms with Crippen LogP contribution in [0.1, 0.15) is 13.8 Å². The number of ketones is 1. The number of carbonyl (C=O) groups excluding carboxylic acids is 1. The van der Waals surface area contributed by atoms with E-state index in [1.807, 2.05) is 54.6 Å². The zero-order valence-electron chi connectivity index (χ0n) is 13.4. The van der Waals surface area contributed by atoms with Gasteiger partial charge in [-0.3, -0.25) is 9.79 Å². The van der Waals surface area contributed by atoms with E-state index in [0.29, 0.717) is 11.4 Å². The van der Waals surface area contributed by atoms with Crippen molar-refractivity contribution in [3.63, 3.8) is 0 Å². The summed E-state index contributed by atoms with van der Waals surface area (Å²) in [6, 6.07) is 15.9. The molecule has 1 atom stereocenters. The van der Waals surface area contributed by atoms with E-state index < -0.39 is 6.04 Å². The molecule has 0 aromatic heterocycles. The van der Waals surface area contributed by atoms with Crippen molar-refractivity contribution in [2.24, 2.45) is 15.2 Å². The molecule has 0 heterocycles. The molecule has 5 nitrogen and oxygen atoms in total. The third-order valence-electron chi connectivity index (χ3n) is 3.20. The molecule has 0 amide bonds. The number of hydrogen-bond acceptors (Lipinski definition) is 5. The van der Waals surface area contributed by atoms with Crippen LogP contribution in [0.2, 0.25) is 0 Å². The van der Waals surface area contributed by atoms with Crippen molar-refractivity contribution in [1.29, 1.82) is 0 Å². The number of aliphatic imine (C=N–C) groups is 1. The van der Waals surface area contributed by atoms with Gasteiger partial charge in [-0.05, 0) is 50.2 Å². The predicted molar refractivity (Wildman–Crippen MR) is 91.2 cm³/mol. The van der Waals surface area contributed by atoms with E-state index in [0.717, 1.165) is 11.4 Å². The average Bonchev–Trinajstić information content (AvgIpc) is 2.56. The molecule has 2 rings (SSSR count). The van der Waals surface area contributed by atoms with Gasteiger partial charge in [0.15, 0.2) is 11.8 Å². The summed E-state index contributed by atoms with van der Waals surface area (Å²) in [5.74, 6) is 0.660. The van der Waals surface area contributed by atoms with Crippen molar-refractivity contribution in [2.75, 3.05) is 7.11 Å². The molecule has 2 aromatic carbocycles. The summed E-state index contributed by atoms with van der Waals surface area (Å²) in [5, 5.41) is 8.26. The van der Waals surface area contributed by atoms with Crippen LogP contribution < -0.4 is 4.74 Å². The number of rotatable bonds is 6. The standard InChI is InChI=1S/C18H19N3O2/c1-13(19-15-9-11-17(23-3)12-10-15)18(14(2)22)21-20-16-7-5-4-6-8-16/h4-12,18H,1-3H3. The molecule has 0 radical (unpaired) electrons. The monoisotopic (exact) mass is 309 g/mol. The molecule has 2 aromatic rings. The second kappa shape index (κ2) is 7.98. The average molecular weight is 309 g/mol. The van der Waals surface area contributed by atoms with Gasteiger partial charge in [0.05, 0.1) is 18.5 Å². The first kappa shape index (κ1) is 16.5. The number of nitrogens with zero attached hydrogens (tertiary/aromatic N) is 3. The third kappa shape index (κ3) is 4.85. The molecule has 0 saturated carbocycles. The van der Waals surface area contributed by atoms with Gasteiger partial charge >= 0.3 is 0 Å². The van der Waals surface area contributed by atoms with Crippen LogP contribution >= 0.6 is 0 Å². The van der Waals surface area contributed by atoms with Gasteiger partial charge in [0.1, 0.15) is 5.75 Å². The number of benzene rings is 2. The van der Waals surface area contributed by atoms with Crippen LogP contribution in [0.25, 0.3) is 0 Å². The highest BCUT2D eigenvalue weighted by Crippen LogP contribution is 2.19. The van der Waals surface area contributed by atoms with Gasteiger partial charge in [-0.1, -0.05) is 18.2 Å². The fourth-order valence-corrected chi connectivity index (χ4v) is 2.00. The second-order valence-corrected chi connectivity index (χ2v) is 5.02. The van der Waals surface area contributed by atoms with E-state index in [9.17, 15) is 4.79 Å². The van der Waals surface area contributed by atoms with E-state index in [2.05, 4.69) is 15.2 Å². The Morgan fingerprint density at radius 3 is 2.17 bits per heavy atom. The number of carbonyl (C=O) groups is 1. The lowest BCUT2D eigenvalue weighted by atomic mass is 10.1. The Bertz CT molecular complexity index is 707. The van der Waals surface area contributed by atoms with Crippen LogP contribution in [0, 0.1) is 0 Å². The van der Waals surface area contributed by atoms with Gasteiger partial charge in [0.2, 0.25) is 0 Å². The summed E-state index contributed by atoms with van der Waals surface area (Å²) >= 11 is 0. The smallest absolute Gasteiger partial charge is 0.167 e. The minimum Gasteiger partial charge on any atom is -0.497 e. The maximum Gasteiger partial charge on any atom is 0.167 e. The summed E-state index contributed by atoms with van der Waals surface area (Å²) in [5.41, 5.74) is 2.04. The molecule has 0 spiro atoms. The van der Waals surface area contributed by atoms with Crippen LogP contribution in [-0.2, 0) is 4.79 Å². The number of methoxy groups -OCH3 is 1. The molecule has 0 N–H and O–H groups in total. The Balaban J connectivity index is 2.20. The van der Waals surface area contributed by atoms with Gasteiger partial charge in [0, 0.05) is 5.71 Å². The van der Waals surface area contributed by atoms with Crippen LogP contribution in [0.5, 0.6) is 5.75 Å². The van der Waals surface area contributed by atoms with E-state index in [-0.39, 0.29) is 5.78 Å². The lowest BCUT2D eigenvalue weighted by molar-refractivity contribution is -0.116. The van der Waals surface area contributed by atoms with Gasteiger partial charge in [-0.15, -0.1) is 0 Å². The minimum absolute atomic E-state index is 0.0977. The van der Waals surface area contributed by atoms with E-state index >= 15 is 0 Å². The summed E-state index contributed by atoms with van der Waals surface area (Å²) in [7, 11) is 1.61. The first-order valence-corrected chi connectivity index (χ1v) is 7.25. The fourth-order valence-electron chi connectivity index (χ4n) is 2.00. The largest absolute Gasteiger partial charge is 0.497 e. The van der Waals surface area contributed by atoms with Crippen LogP contribution in [0.15, 0.2) is 69.8 Å². The Morgan fingerprint density at radius 2 is 1.61 bits per heavy atom.